The molecular weight excluding hydrogens is 480 g/mol. The van der Waals surface area contributed by atoms with Gasteiger partial charge in [0.05, 0.1) is 59.5 Å². The Labute approximate surface area is 234 Å². The molecule has 0 spiro atoms. The van der Waals surface area contributed by atoms with Gasteiger partial charge in [-0.25, -0.2) is 0 Å². The summed E-state index contributed by atoms with van der Waals surface area (Å²) in [6.07, 6.45) is 16.9. The van der Waals surface area contributed by atoms with E-state index in [9.17, 15) is 0 Å². The van der Waals surface area contributed by atoms with Crippen LogP contribution >= 0.6 is 0 Å². The first-order valence-corrected chi connectivity index (χ1v) is 15.5. The summed E-state index contributed by atoms with van der Waals surface area (Å²) in [6, 6.07) is 8.48. The van der Waals surface area contributed by atoms with Crippen LogP contribution in [0.25, 0.3) is 0 Å². The van der Waals surface area contributed by atoms with Gasteiger partial charge >= 0.3 is 0 Å². The summed E-state index contributed by atoms with van der Waals surface area (Å²) in [5.41, 5.74) is 1.39. The molecule has 222 valence electrons. The smallest absolute Gasteiger partial charge is 0.119 e. The third-order valence-electron chi connectivity index (χ3n) is 6.37. The minimum Gasteiger partial charge on any atom is -0.491 e. The molecule has 1 aromatic carbocycles. The Morgan fingerprint density at radius 3 is 1.29 bits per heavy atom. The summed E-state index contributed by atoms with van der Waals surface area (Å²) in [5, 5.41) is 0. The van der Waals surface area contributed by atoms with Crippen molar-refractivity contribution in [3.63, 3.8) is 0 Å². The largest absolute Gasteiger partial charge is 0.491 e. The van der Waals surface area contributed by atoms with E-state index >= 15 is 0 Å². The highest BCUT2D eigenvalue weighted by atomic mass is 16.6. The Morgan fingerprint density at radius 2 is 0.789 bits per heavy atom. The maximum absolute atomic E-state index is 5.77. The Hall–Kier alpha value is -1.18. The minimum atomic E-state index is 0.546. The maximum Gasteiger partial charge on any atom is 0.119 e. The SMILES string of the molecule is CCCCCCCCOCCOCCOCCOCCOCCOc1ccc(CCCCCCCC)cc1. The molecule has 0 fully saturated rings. The zero-order chi connectivity index (χ0) is 27.2. The maximum atomic E-state index is 5.77. The van der Waals surface area contributed by atoms with Crippen LogP contribution in [0.5, 0.6) is 5.75 Å². The average molecular weight is 539 g/mol. The molecule has 6 heteroatoms. The van der Waals surface area contributed by atoms with Crippen molar-refractivity contribution < 1.29 is 28.4 Å². The van der Waals surface area contributed by atoms with E-state index in [4.69, 9.17) is 28.4 Å². The van der Waals surface area contributed by atoms with Gasteiger partial charge in [0, 0.05) is 6.61 Å². The molecule has 0 bridgehead atoms. The highest BCUT2D eigenvalue weighted by molar-refractivity contribution is 5.27. The van der Waals surface area contributed by atoms with E-state index in [-0.39, 0.29) is 0 Å². The molecule has 0 saturated heterocycles. The van der Waals surface area contributed by atoms with E-state index in [1.54, 1.807) is 0 Å². The van der Waals surface area contributed by atoms with Crippen LogP contribution in [-0.4, -0.2) is 72.7 Å². The summed E-state index contributed by atoms with van der Waals surface area (Å²) in [6.45, 7) is 11.1. The predicted octanol–water partition coefficient (Wildman–Crippen LogP) is 7.41. The highest BCUT2D eigenvalue weighted by Gasteiger charge is 1.98. The first-order chi connectivity index (χ1) is 18.9. The minimum absolute atomic E-state index is 0.546. The molecule has 1 rings (SSSR count). The molecule has 0 unspecified atom stereocenters. The van der Waals surface area contributed by atoms with Crippen LogP contribution in [0.4, 0.5) is 0 Å². The number of benzene rings is 1. The molecule has 0 aliphatic rings. The van der Waals surface area contributed by atoms with Crippen molar-refractivity contribution in [3.05, 3.63) is 29.8 Å². The Balaban J connectivity index is 1.76. The number of hydrogen-bond donors (Lipinski definition) is 0. The number of rotatable bonds is 30. The second-order valence-electron chi connectivity index (χ2n) is 9.84. The number of ether oxygens (including phenoxy) is 6. The zero-order valence-electron chi connectivity index (χ0n) is 24.7. The van der Waals surface area contributed by atoms with Gasteiger partial charge < -0.3 is 28.4 Å². The molecule has 1 aromatic rings. The molecule has 0 aromatic heterocycles. The second-order valence-corrected chi connectivity index (χ2v) is 9.84. The van der Waals surface area contributed by atoms with Crippen LogP contribution in [-0.2, 0) is 30.1 Å². The third kappa shape index (κ3) is 23.9. The van der Waals surface area contributed by atoms with Crippen molar-refractivity contribution in [1.29, 1.82) is 0 Å². The van der Waals surface area contributed by atoms with E-state index in [1.165, 1.54) is 76.2 Å². The number of hydrogen-bond acceptors (Lipinski definition) is 6. The van der Waals surface area contributed by atoms with Gasteiger partial charge in [0.2, 0.25) is 0 Å². The molecule has 0 aliphatic carbocycles. The lowest BCUT2D eigenvalue weighted by atomic mass is 10.0. The van der Waals surface area contributed by atoms with Crippen molar-refractivity contribution in [1.82, 2.24) is 0 Å². The van der Waals surface area contributed by atoms with Gasteiger partial charge in [-0.15, -0.1) is 0 Å². The van der Waals surface area contributed by atoms with Crippen LogP contribution in [0.3, 0.4) is 0 Å². The summed E-state index contributed by atoms with van der Waals surface area (Å²) in [5.74, 6) is 0.901. The first kappa shape index (κ1) is 34.8. The van der Waals surface area contributed by atoms with Gasteiger partial charge in [-0.05, 0) is 37.0 Å². The zero-order valence-corrected chi connectivity index (χ0v) is 24.7. The Kier molecular flexibility index (Phi) is 26.4. The molecule has 0 N–H and O–H groups in total. The van der Waals surface area contributed by atoms with Gasteiger partial charge in [0.25, 0.3) is 0 Å². The summed E-state index contributed by atoms with van der Waals surface area (Å²) in [7, 11) is 0. The normalized spacial score (nSPS) is 11.3. The molecule has 0 aliphatic heterocycles. The Bertz CT molecular complexity index is 580. The fourth-order valence-electron chi connectivity index (χ4n) is 4.05. The fraction of sp³-hybridized carbons (Fsp3) is 0.812. The van der Waals surface area contributed by atoms with Crippen LogP contribution in [0.2, 0.25) is 0 Å². The van der Waals surface area contributed by atoms with Crippen molar-refractivity contribution in [2.75, 3.05) is 72.7 Å². The van der Waals surface area contributed by atoms with Crippen molar-refractivity contribution >= 4 is 0 Å². The third-order valence-corrected chi connectivity index (χ3v) is 6.37. The lowest BCUT2D eigenvalue weighted by Gasteiger charge is -2.09. The second kappa shape index (κ2) is 28.8. The van der Waals surface area contributed by atoms with E-state index in [2.05, 4.69) is 38.1 Å². The van der Waals surface area contributed by atoms with Crippen molar-refractivity contribution in [2.45, 2.75) is 97.3 Å². The monoisotopic (exact) mass is 538 g/mol. The lowest BCUT2D eigenvalue weighted by molar-refractivity contribution is -0.0128. The van der Waals surface area contributed by atoms with Gasteiger partial charge in [-0.3, -0.25) is 0 Å². The molecular formula is C32H58O6. The predicted molar refractivity (Wildman–Crippen MR) is 156 cm³/mol. The topological polar surface area (TPSA) is 55.4 Å². The molecule has 0 heterocycles. The molecule has 0 saturated carbocycles. The standard InChI is InChI=1S/C32H58O6/c1-3-5-7-9-11-13-15-31-16-18-32(19-17-31)38-30-29-37-28-27-36-26-25-35-24-23-34-22-21-33-20-14-12-10-8-6-4-2/h16-19H,3-15,20-30H2,1-2H3. The van der Waals surface area contributed by atoms with Gasteiger partial charge in [-0.2, -0.15) is 0 Å². The van der Waals surface area contributed by atoms with Gasteiger partial charge in [0.15, 0.2) is 0 Å². The lowest BCUT2D eigenvalue weighted by Crippen LogP contribution is -2.14. The highest BCUT2D eigenvalue weighted by Crippen LogP contribution is 2.15. The van der Waals surface area contributed by atoms with Crippen LogP contribution in [0.1, 0.15) is 96.5 Å². The fourth-order valence-corrected chi connectivity index (χ4v) is 4.05. The summed E-state index contributed by atoms with van der Waals surface area (Å²) in [4.78, 5) is 0. The number of aryl methyl sites for hydroxylation is 1. The van der Waals surface area contributed by atoms with E-state index in [1.807, 2.05) is 0 Å². The Morgan fingerprint density at radius 1 is 0.395 bits per heavy atom. The average Bonchev–Trinajstić information content (AvgIpc) is 2.94. The quantitative estimate of drug-likeness (QED) is 0.0951. The molecule has 38 heavy (non-hydrogen) atoms. The van der Waals surface area contributed by atoms with Crippen molar-refractivity contribution in [3.8, 4) is 5.75 Å². The van der Waals surface area contributed by atoms with E-state index in [0.29, 0.717) is 66.1 Å². The summed E-state index contributed by atoms with van der Waals surface area (Å²) >= 11 is 0. The molecule has 0 atom stereocenters. The van der Waals surface area contributed by atoms with Crippen molar-refractivity contribution in [2.24, 2.45) is 0 Å². The van der Waals surface area contributed by atoms with E-state index < -0.39 is 0 Å². The van der Waals surface area contributed by atoms with Gasteiger partial charge in [0.1, 0.15) is 12.4 Å². The van der Waals surface area contributed by atoms with Gasteiger partial charge in [-0.1, -0.05) is 90.2 Å². The number of unbranched alkanes of at least 4 members (excludes halogenated alkanes) is 10. The summed E-state index contributed by atoms with van der Waals surface area (Å²) < 4.78 is 33.5. The van der Waals surface area contributed by atoms with Crippen LogP contribution in [0, 0.1) is 0 Å². The molecule has 0 amide bonds. The van der Waals surface area contributed by atoms with Crippen LogP contribution in [0.15, 0.2) is 24.3 Å². The molecule has 6 nitrogen and oxygen atoms in total. The van der Waals surface area contributed by atoms with Crippen LogP contribution < -0.4 is 4.74 Å². The first-order valence-electron chi connectivity index (χ1n) is 15.5. The molecule has 0 radical (unpaired) electrons. The van der Waals surface area contributed by atoms with E-state index in [0.717, 1.165) is 25.2 Å².